The Morgan fingerprint density at radius 3 is 2.62 bits per heavy atom. The molecule has 0 radical (unpaired) electrons. The van der Waals surface area contributed by atoms with E-state index in [1.807, 2.05) is 0 Å². The maximum Gasteiger partial charge on any atom is 0.265 e. The molecule has 2 rings (SSSR count). The smallest absolute Gasteiger partial charge is 0.265 e. The van der Waals surface area contributed by atoms with E-state index in [0.29, 0.717) is 11.3 Å². The van der Waals surface area contributed by atoms with Crippen LogP contribution >= 0.6 is 0 Å². The van der Waals surface area contributed by atoms with E-state index < -0.39 is 11.3 Å². The highest BCUT2D eigenvalue weighted by molar-refractivity contribution is 6.08. The Morgan fingerprint density at radius 1 is 1.24 bits per heavy atom. The van der Waals surface area contributed by atoms with Crippen molar-refractivity contribution in [1.29, 1.82) is 0 Å². The summed E-state index contributed by atoms with van der Waals surface area (Å²) in [5.41, 5.74) is 0.371. The van der Waals surface area contributed by atoms with Gasteiger partial charge < -0.3 is 14.8 Å². The first-order chi connectivity index (χ1) is 9.90. The minimum Gasteiger partial charge on any atom is -0.508 e. The second kappa shape index (κ2) is 5.66. The molecular weight excluding hydrogens is 270 g/mol. The van der Waals surface area contributed by atoms with Crippen molar-refractivity contribution in [2.24, 2.45) is 7.05 Å². The van der Waals surface area contributed by atoms with Gasteiger partial charge in [0.05, 0.1) is 0 Å². The molecule has 0 amide bonds. The summed E-state index contributed by atoms with van der Waals surface area (Å²) >= 11 is 0. The number of allylic oxidation sites excluding steroid dienone is 1. The number of aromatic hydroxyl groups is 2. The van der Waals surface area contributed by atoms with Crippen molar-refractivity contribution in [3.05, 3.63) is 63.6 Å². The molecule has 1 aromatic heterocycles. The number of carbonyl (C=O) groups is 1. The summed E-state index contributed by atoms with van der Waals surface area (Å²) in [5, 5.41) is 19.1. The van der Waals surface area contributed by atoms with Crippen molar-refractivity contribution in [3.63, 3.8) is 0 Å². The molecule has 0 aliphatic carbocycles. The Kier molecular flexibility index (Phi) is 3.93. The van der Waals surface area contributed by atoms with Crippen LogP contribution in [0.5, 0.6) is 11.5 Å². The number of aryl methyl sites for hydroxylation is 1. The Balaban J connectivity index is 2.38. The molecule has 0 unspecified atom stereocenters. The Bertz CT molecular complexity index is 787. The summed E-state index contributed by atoms with van der Waals surface area (Å²) in [5.74, 6) is -0.837. The highest BCUT2D eigenvalue weighted by atomic mass is 16.3. The summed E-state index contributed by atoms with van der Waals surface area (Å²) in [6.07, 6.45) is 2.67. The van der Waals surface area contributed by atoms with Gasteiger partial charge in [-0.2, -0.15) is 0 Å². The van der Waals surface area contributed by atoms with Crippen molar-refractivity contribution >= 4 is 11.9 Å². The number of phenolic OH excluding ortho intramolecular Hbond substituents is 1. The second-order valence-corrected chi connectivity index (χ2v) is 4.70. The number of aromatic nitrogens is 1. The van der Waals surface area contributed by atoms with Crippen molar-refractivity contribution < 1.29 is 15.0 Å². The van der Waals surface area contributed by atoms with Gasteiger partial charge in [-0.1, -0.05) is 18.2 Å². The van der Waals surface area contributed by atoms with E-state index in [0.717, 1.165) is 0 Å². The van der Waals surface area contributed by atoms with Gasteiger partial charge in [0.15, 0.2) is 5.78 Å². The van der Waals surface area contributed by atoms with Crippen LogP contribution in [0.15, 0.2) is 41.2 Å². The minimum atomic E-state index is -0.587. The van der Waals surface area contributed by atoms with Crippen molar-refractivity contribution in [1.82, 2.24) is 4.57 Å². The zero-order valence-corrected chi connectivity index (χ0v) is 11.7. The largest absolute Gasteiger partial charge is 0.508 e. The highest BCUT2D eigenvalue weighted by Gasteiger charge is 2.16. The Labute approximate surface area is 121 Å². The number of benzene rings is 1. The molecule has 0 aliphatic heterocycles. The number of pyridine rings is 1. The fraction of sp³-hybridized carbons (Fsp3) is 0.125. The van der Waals surface area contributed by atoms with Gasteiger partial charge in [0.25, 0.3) is 5.56 Å². The molecule has 0 bridgehead atoms. The molecule has 1 aromatic carbocycles. The van der Waals surface area contributed by atoms with E-state index in [4.69, 9.17) is 0 Å². The normalized spacial score (nSPS) is 11.0. The van der Waals surface area contributed by atoms with Gasteiger partial charge in [0.2, 0.25) is 0 Å². The SMILES string of the molecule is Cc1cc(O)c(C(=O)/C=C/c2cccc(O)c2)c(=O)n1C. The lowest BCUT2D eigenvalue weighted by Gasteiger charge is -2.07. The summed E-state index contributed by atoms with van der Waals surface area (Å²) in [6, 6.07) is 7.72. The van der Waals surface area contributed by atoms with Crippen LogP contribution in [0.4, 0.5) is 0 Å². The van der Waals surface area contributed by atoms with E-state index in [1.165, 1.54) is 42.0 Å². The minimum absolute atomic E-state index is 0.0821. The molecule has 5 heteroatoms. The first-order valence-corrected chi connectivity index (χ1v) is 6.31. The standard InChI is InChI=1S/C16H15NO4/c1-10-8-14(20)15(16(21)17(10)2)13(19)7-6-11-4-3-5-12(18)9-11/h3-9,18,20H,1-2H3/b7-6+. The van der Waals surface area contributed by atoms with Crippen LogP contribution in [0.2, 0.25) is 0 Å². The predicted octanol–water partition coefficient (Wildman–Crippen LogP) is 2.00. The summed E-state index contributed by atoms with van der Waals surface area (Å²) in [7, 11) is 1.53. The third-order valence-corrected chi connectivity index (χ3v) is 3.19. The third-order valence-electron chi connectivity index (χ3n) is 3.19. The van der Waals surface area contributed by atoms with Gasteiger partial charge in [0.1, 0.15) is 17.1 Å². The number of phenols is 1. The summed E-state index contributed by atoms with van der Waals surface area (Å²) < 4.78 is 1.30. The molecule has 21 heavy (non-hydrogen) atoms. The summed E-state index contributed by atoms with van der Waals surface area (Å²) in [6.45, 7) is 1.66. The van der Waals surface area contributed by atoms with Crippen LogP contribution in [0.1, 0.15) is 21.6 Å². The highest BCUT2D eigenvalue weighted by Crippen LogP contribution is 2.17. The van der Waals surface area contributed by atoms with Crippen LogP contribution in [0, 0.1) is 6.92 Å². The molecule has 0 spiro atoms. The average molecular weight is 285 g/mol. The van der Waals surface area contributed by atoms with Crippen LogP contribution in [0.25, 0.3) is 6.08 Å². The van der Waals surface area contributed by atoms with Gasteiger partial charge in [-0.05, 0) is 30.7 Å². The van der Waals surface area contributed by atoms with E-state index in [2.05, 4.69) is 0 Å². The Morgan fingerprint density at radius 2 is 1.95 bits per heavy atom. The van der Waals surface area contributed by atoms with Crippen LogP contribution in [0.3, 0.4) is 0 Å². The lowest BCUT2D eigenvalue weighted by Crippen LogP contribution is -2.25. The molecule has 0 saturated heterocycles. The molecule has 0 fully saturated rings. The molecule has 0 saturated carbocycles. The van der Waals surface area contributed by atoms with Crippen molar-refractivity contribution in [2.75, 3.05) is 0 Å². The maximum absolute atomic E-state index is 12.1. The van der Waals surface area contributed by atoms with Crippen LogP contribution in [-0.2, 0) is 7.05 Å². The molecule has 2 N–H and O–H groups in total. The lowest BCUT2D eigenvalue weighted by atomic mass is 10.1. The van der Waals surface area contributed by atoms with E-state index >= 15 is 0 Å². The second-order valence-electron chi connectivity index (χ2n) is 4.70. The monoisotopic (exact) mass is 285 g/mol. The maximum atomic E-state index is 12.1. The quantitative estimate of drug-likeness (QED) is 0.667. The third kappa shape index (κ3) is 3.02. The first kappa shape index (κ1) is 14.6. The number of rotatable bonds is 3. The molecule has 108 valence electrons. The molecule has 5 nitrogen and oxygen atoms in total. The zero-order valence-electron chi connectivity index (χ0n) is 11.7. The zero-order chi connectivity index (χ0) is 15.6. The molecule has 2 aromatic rings. The van der Waals surface area contributed by atoms with E-state index in [1.54, 1.807) is 19.1 Å². The van der Waals surface area contributed by atoms with Gasteiger partial charge in [-0.15, -0.1) is 0 Å². The number of carbonyl (C=O) groups excluding carboxylic acids is 1. The van der Waals surface area contributed by atoms with Gasteiger partial charge in [-0.25, -0.2) is 0 Å². The van der Waals surface area contributed by atoms with Crippen LogP contribution in [-0.4, -0.2) is 20.6 Å². The fourth-order valence-corrected chi connectivity index (χ4v) is 1.92. The van der Waals surface area contributed by atoms with Crippen molar-refractivity contribution in [3.8, 4) is 11.5 Å². The number of hydrogen-bond donors (Lipinski definition) is 2. The molecular formula is C16H15NO4. The topological polar surface area (TPSA) is 79.5 Å². The average Bonchev–Trinajstić information content (AvgIpc) is 2.43. The fourth-order valence-electron chi connectivity index (χ4n) is 1.92. The van der Waals surface area contributed by atoms with Gasteiger partial charge >= 0.3 is 0 Å². The number of nitrogens with zero attached hydrogens (tertiary/aromatic N) is 1. The van der Waals surface area contributed by atoms with Crippen LogP contribution < -0.4 is 5.56 Å². The molecule has 0 atom stereocenters. The molecule has 1 heterocycles. The number of ketones is 1. The summed E-state index contributed by atoms with van der Waals surface area (Å²) in [4.78, 5) is 24.1. The number of hydrogen-bond acceptors (Lipinski definition) is 4. The Hall–Kier alpha value is -2.82. The van der Waals surface area contributed by atoms with Gasteiger partial charge in [-0.3, -0.25) is 9.59 Å². The van der Waals surface area contributed by atoms with E-state index in [-0.39, 0.29) is 17.1 Å². The molecule has 0 aliphatic rings. The van der Waals surface area contributed by atoms with Crippen molar-refractivity contribution in [2.45, 2.75) is 6.92 Å². The van der Waals surface area contributed by atoms with Gasteiger partial charge in [0, 0.05) is 18.8 Å². The predicted molar refractivity (Wildman–Crippen MR) is 79.6 cm³/mol. The van der Waals surface area contributed by atoms with E-state index in [9.17, 15) is 19.8 Å². The first-order valence-electron chi connectivity index (χ1n) is 6.31. The lowest BCUT2D eigenvalue weighted by molar-refractivity contribution is 0.104.